The molecule has 2 aromatic heterocycles. The Morgan fingerprint density at radius 3 is 2.52 bits per heavy atom. The maximum Gasteiger partial charge on any atom is 0.424 e. The molecule has 3 heterocycles. The number of aromatic nitrogens is 2. The van der Waals surface area contributed by atoms with Crippen molar-refractivity contribution in [1.82, 2.24) is 20.6 Å². The van der Waals surface area contributed by atoms with Crippen molar-refractivity contribution in [3.8, 4) is 22.8 Å². The fourth-order valence-electron chi connectivity index (χ4n) is 5.58. The van der Waals surface area contributed by atoms with Gasteiger partial charge in [-0.3, -0.25) is 14.6 Å². The highest BCUT2D eigenvalue weighted by Gasteiger charge is 2.58. The van der Waals surface area contributed by atoms with Crippen molar-refractivity contribution < 1.29 is 41.7 Å². The summed E-state index contributed by atoms with van der Waals surface area (Å²) in [5.41, 5.74) is -5.41. The quantitative estimate of drug-likeness (QED) is 0.234. The van der Waals surface area contributed by atoms with Crippen molar-refractivity contribution in [3.05, 3.63) is 83.4 Å². The Balaban J connectivity index is 1.41. The molecule has 46 heavy (non-hydrogen) atoms. The number of hydrogen-bond acceptors (Lipinski definition) is 7. The molecule has 1 aliphatic heterocycles. The van der Waals surface area contributed by atoms with Crippen LogP contribution in [0.4, 0.5) is 17.6 Å². The summed E-state index contributed by atoms with van der Waals surface area (Å²) in [6, 6.07) is 11.9. The summed E-state index contributed by atoms with van der Waals surface area (Å²) >= 11 is 0. The van der Waals surface area contributed by atoms with Gasteiger partial charge in [0.15, 0.2) is 0 Å². The summed E-state index contributed by atoms with van der Waals surface area (Å²) in [5.74, 6) is -1.66. The van der Waals surface area contributed by atoms with E-state index < -0.39 is 47.1 Å². The Bertz CT molecular complexity index is 1830. The summed E-state index contributed by atoms with van der Waals surface area (Å²) in [6.45, 7) is 0.0324. The minimum absolute atomic E-state index is 0.0237. The third-order valence-corrected chi connectivity index (χ3v) is 8.68. The lowest BCUT2D eigenvalue weighted by Crippen LogP contribution is -2.52. The van der Waals surface area contributed by atoms with E-state index in [-0.39, 0.29) is 46.5 Å². The van der Waals surface area contributed by atoms with E-state index in [1.54, 1.807) is 19.1 Å². The number of fused-ring (bicyclic) bond motifs is 2. The Morgan fingerprint density at radius 2 is 1.87 bits per heavy atom. The lowest BCUT2D eigenvalue weighted by atomic mass is 9.80. The summed E-state index contributed by atoms with van der Waals surface area (Å²) < 4.78 is 69.6. The van der Waals surface area contributed by atoms with E-state index in [1.165, 1.54) is 37.6 Å². The fourth-order valence-corrected chi connectivity index (χ4v) is 5.58. The molecule has 2 atom stereocenters. The number of hydrogen-bond donors (Lipinski definition) is 3. The van der Waals surface area contributed by atoms with Gasteiger partial charge in [-0.25, -0.2) is 9.37 Å². The molecule has 6 rings (SSSR count). The van der Waals surface area contributed by atoms with Crippen LogP contribution < -0.4 is 20.1 Å². The number of nitrogens with zero attached hydrogens (tertiary/aromatic N) is 2. The number of methoxy groups -OCH3 is 1. The zero-order valence-electron chi connectivity index (χ0n) is 24.9. The molecule has 3 N–H and O–H groups in total. The average molecular weight is 639 g/mol. The molecule has 0 saturated heterocycles. The number of ether oxygens (including phenoxy) is 2. The number of rotatable bonds is 8. The van der Waals surface area contributed by atoms with Gasteiger partial charge in [0.25, 0.3) is 5.91 Å². The normalized spacial score (nSPS) is 19.0. The zero-order chi connectivity index (χ0) is 32.9. The second kappa shape index (κ2) is 11.5. The maximum atomic E-state index is 14.9. The molecule has 2 aromatic carbocycles. The van der Waals surface area contributed by atoms with Crippen molar-refractivity contribution in [2.75, 3.05) is 20.3 Å². The highest BCUT2D eigenvalue weighted by atomic mass is 19.4. The van der Waals surface area contributed by atoms with E-state index in [1.807, 2.05) is 0 Å². The molecule has 0 bridgehead atoms. The molecule has 1 aliphatic carbocycles. The lowest BCUT2D eigenvalue weighted by Gasteiger charge is -2.33. The Morgan fingerprint density at radius 1 is 1.13 bits per heavy atom. The highest BCUT2D eigenvalue weighted by Crippen LogP contribution is 2.48. The fraction of sp³-hybridized carbons (Fsp3) is 0.333. The number of nitrogens with one attached hydrogen (secondary N) is 2. The van der Waals surface area contributed by atoms with Crippen molar-refractivity contribution in [1.29, 1.82) is 0 Å². The molecule has 0 unspecified atom stereocenters. The smallest absolute Gasteiger partial charge is 0.424 e. The molecule has 0 radical (unpaired) electrons. The van der Waals surface area contributed by atoms with Crippen molar-refractivity contribution in [2.45, 2.75) is 49.4 Å². The molecular weight excluding hydrogens is 608 g/mol. The van der Waals surface area contributed by atoms with Crippen molar-refractivity contribution in [2.24, 2.45) is 0 Å². The van der Waals surface area contributed by atoms with E-state index in [0.717, 1.165) is 37.5 Å². The van der Waals surface area contributed by atoms with Gasteiger partial charge in [-0.2, -0.15) is 13.2 Å². The van der Waals surface area contributed by atoms with Gasteiger partial charge in [0, 0.05) is 34.3 Å². The van der Waals surface area contributed by atoms with Gasteiger partial charge in [0.05, 0.1) is 19.3 Å². The number of benzene rings is 2. The van der Waals surface area contributed by atoms with Crippen molar-refractivity contribution in [3.63, 3.8) is 0 Å². The predicted molar refractivity (Wildman–Crippen MR) is 159 cm³/mol. The molecule has 9 nitrogen and oxygen atoms in total. The SMILES string of the molecule is COc1cc(C(=O)NC[C@](O)(c2cc3c(c(-c4ccc(F)cc4)n2)OC[C@]3(C)C(=O)NC2CCC2)C(F)(F)F)cc2cccnc12. The van der Waals surface area contributed by atoms with Gasteiger partial charge in [0.2, 0.25) is 11.5 Å². The summed E-state index contributed by atoms with van der Waals surface area (Å²) in [6.07, 6.45) is -1.29. The van der Waals surface area contributed by atoms with E-state index >= 15 is 0 Å². The lowest BCUT2D eigenvalue weighted by molar-refractivity contribution is -0.265. The largest absolute Gasteiger partial charge is 0.494 e. The van der Waals surface area contributed by atoms with Crippen LogP contribution in [-0.2, 0) is 15.8 Å². The summed E-state index contributed by atoms with van der Waals surface area (Å²) in [5, 5.41) is 17.0. The Labute approximate surface area is 261 Å². The van der Waals surface area contributed by atoms with Crippen LogP contribution in [0.15, 0.2) is 60.8 Å². The molecule has 1 fully saturated rings. The van der Waals surface area contributed by atoms with Crippen LogP contribution >= 0.6 is 0 Å². The number of alkyl halides is 3. The highest BCUT2D eigenvalue weighted by molar-refractivity contribution is 6.00. The first-order chi connectivity index (χ1) is 21.8. The van der Waals surface area contributed by atoms with Crippen LogP contribution in [0, 0.1) is 5.82 Å². The molecule has 240 valence electrons. The van der Waals surface area contributed by atoms with Gasteiger partial charge >= 0.3 is 6.18 Å². The van der Waals surface area contributed by atoms with E-state index in [2.05, 4.69) is 20.6 Å². The topological polar surface area (TPSA) is 123 Å². The van der Waals surface area contributed by atoms with Crippen LogP contribution in [-0.4, -0.2) is 59.4 Å². The van der Waals surface area contributed by atoms with Crippen LogP contribution in [0.2, 0.25) is 0 Å². The summed E-state index contributed by atoms with van der Waals surface area (Å²) in [4.78, 5) is 35.1. The zero-order valence-corrected chi connectivity index (χ0v) is 24.9. The number of pyridine rings is 2. The van der Waals surface area contributed by atoms with Crippen LogP contribution in [0.3, 0.4) is 0 Å². The first-order valence-corrected chi connectivity index (χ1v) is 14.6. The Hall–Kier alpha value is -4.78. The third kappa shape index (κ3) is 5.38. The minimum atomic E-state index is -5.34. The number of carbonyl (C=O) groups excluding carboxylic acids is 2. The van der Waals surface area contributed by atoms with Gasteiger partial charge in [-0.05, 0) is 74.7 Å². The molecule has 2 amide bonds. The number of aliphatic hydroxyl groups is 1. The summed E-state index contributed by atoms with van der Waals surface area (Å²) in [7, 11) is 1.37. The van der Waals surface area contributed by atoms with E-state index in [0.29, 0.717) is 10.9 Å². The third-order valence-electron chi connectivity index (χ3n) is 8.68. The predicted octanol–water partition coefficient (Wildman–Crippen LogP) is 4.94. The second-order valence-corrected chi connectivity index (χ2v) is 11.8. The molecule has 2 aliphatic rings. The van der Waals surface area contributed by atoms with E-state index in [9.17, 15) is 32.3 Å². The number of halogens is 4. The van der Waals surface area contributed by atoms with Gasteiger partial charge in [0.1, 0.15) is 40.5 Å². The van der Waals surface area contributed by atoms with Crippen LogP contribution in [0.1, 0.15) is 47.8 Å². The van der Waals surface area contributed by atoms with Crippen LogP contribution in [0.25, 0.3) is 22.2 Å². The van der Waals surface area contributed by atoms with Gasteiger partial charge < -0.3 is 25.2 Å². The monoisotopic (exact) mass is 638 g/mol. The average Bonchev–Trinajstić information content (AvgIpc) is 3.37. The first-order valence-electron chi connectivity index (χ1n) is 14.6. The Kier molecular flexibility index (Phi) is 7.83. The second-order valence-electron chi connectivity index (χ2n) is 11.8. The number of carbonyl (C=O) groups is 2. The first kappa shape index (κ1) is 31.2. The van der Waals surface area contributed by atoms with Gasteiger partial charge in [-0.1, -0.05) is 6.07 Å². The minimum Gasteiger partial charge on any atom is -0.494 e. The molecule has 4 aromatic rings. The molecule has 13 heteroatoms. The maximum absolute atomic E-state index is 14.9. The van der Waals surface area contributed by atoms with Crippen molar-refractivity contribution >= 4 is 22.7 Å². The van der Waals surface area contributed by atoms with E-state index in [4.69, 9.17) is 9.47 Å². The van der Waals surface area contributed by atoms with Gasteiger partial charge in [-0.15, -0.1) is 0 Å². The molecule has 0 spiro atoms. The number of amides is 2. The molecule has 1 saturated carbocycles. The molecular formula is C33H30F4N4O5. The van der Waals surface area contributed by atoms with Crippen LogP contribution in [0.5, 0.6) is 11.5 Å². The standard InChI is InChI=1S/C33H30F4N4O5/c1-31(30(43)40-22-6-3-7-22)17-46-28-23(31)15-25(41-27(28)18-8-10-21(34)11-9-18)32(44,33(35,36)37)16-39-29(42)20-13-19-5-4-12-38-26(19)24(14-20)45-2/h4-5,8-15,22,44H,3,6-7,16-17H2,1-2H3,(H,39,42)(H,40,43)/t31-,32-/m0/s1.